The number of aryl methyl sites for hydroxylation is 1. The molecule has 1 aromatic carbocycles. The van der Waals surface area contributed by atoms with Gasteiger partial charge in [-0.1, -0.05) is 6.92 Å². The van der Waals surface area contributed by atoms with E-state index in [4.69, 9.17) is 0 Å². The van der Waals surface area contributed by atoms with Crippen LogP contribution in [0.5, 0.6) is 0 Å². The first-order valence-corrected chi connectivity index (χ1v) is 5.75. The molecule has 19 heavy (non-hydrogen) atoms. The van der Waals surface area contributed by atoms with Gasteiger partial charge in [-0.15, -0.1) is 0 Å². The summed E-state index contributed by atoms with van der Waals surface area (Å²) in [6.45, 7) is 2.34. The summed E-state index contributed by atoms with van der Waals surface area (Å²) in [4.78, 5) is 12.1. The number of benzene rings is 1. The molecule has 0 saturated heterocycles. The summed E-state index contributed by atoms with van der Waals surface area (Å²) in [6.07, 6.45) is 2.10. The summed E-state index contributed by atoms with van der Waals surface area (Å²) in [5.74, 6) is -4.34. The Morgan fingerprint density at radius 2 is 1.89 bits per heavy atom. The lowest BCUT2D eigenvalue weighted by molar-refractivity contribution is 0.102. The van der Waals surface area contributed by atoms with Crippen molar-refractivity contribution in [2.45, 2.75) is 19.9 Å². The first-order chi connectivity index (χ1) is 9.04. The molecule has 0 unspecified atom stereocenters. The highest BCUT2D eigenvalue weighted by Crippen LogP contribution is 2.18. The summed E-state index contributed by atoms with van der Waals surface area (Å²) >= 11 is 0. The van der Waals surface area contributed by atoms with Crippen molar-refractivity contribution in [3.05, 3.63) is 53.1 Å². The molecule has 2 rings (SSSR count). The maximum atomic E-state index is 13.5. The molecule has 1 aromatic heterocycles. The van der Waals surface area contributed by atoms with E-state index < -0.39 is 28.8 Å². The summed E-state index contributed by atoms with van der Waals surface area (Å²) in [5.41, 5.74) is -0.689. The van der Waals surface area contributed by atoms with E-state index in [1.165, 1.54) is 16.9 Å². The number of aromatic nitrogens is 2. The normalized spacial score (nSPS) is 10.7. The average Bonchev–Trinajstić information content (AvgIpc) is 2.76. The van der Waals surface area contributed by atoms with Crippen LogP contribution in [0, 0.1) is 17.5 Å². The number of hydrogen-bond acceptors (Lipinski definition) is 2. The van der Waals surface area contributed by atoms with Gasteiger partial charge in [0.2, 0.25) is 5.78 Å². The van der Waals surface area contributed by atoms with Gasteiger partial charge in [-0.25, -0.2) is 13.2 Å². The molecule has 0 spiro atoms. The van der Waals surface area contributed by atoms with E-state index in [2.05, 4.69) is 5.10 Å². The molecule has 6 heteroatoms. The van der Waals surface area contributed by atoms with Crippen LogP contribution in [0.1, 0.15) is 29.4 Å². The smallest absolute Gasteiger partial charge is 0.216 e. The highest BCUT2D eigenvalue weighted by Gasteiger charge is 2.23. The number of halogens is 3. The van der Waals surface area contributed by atoms with Gasteiger partial charge in [0.25, 0.3) is 0 Å². The van der Waals surface area contributed by atoms with Crippen LogP contribution in [0.2, 0.25) is 0 Å². The van der Waals surface area contributed by atoms with Gasteiger partial charge in [0, 0.05) is 24.9 Å². The Labute approximate surface area is 107 Å². The molecule has 0 N–H and O–H groups in total. The van der Waals surface area contributed by atoms with E-state index in [-0.39, 0.29) is 5.69 Å². The van der Waals surface area contributed by atoms with E-state index in [0.717, 1.165) is 6.42 Å². The first kappa shape index (κ1) is 13.3. The van der Waals surface area contributed by atoms with Crippen LogP contribution in [0.4, 0.5) is 13.2 Å². The Morgan fingerprint density at radius 1 is 1.26 bits per heavy atom. The lowest BCUT2D eigenvalue weighted by Crippen LogP contribution is -2.14. The van der Waals surface area contributed by atoms with Crippen molar-refractivity contribution in [3.8, 4) is 0 Å². The summed E-state index contributed by atoms with van der Waals surface area (Å²) in [6, 6.07) is 2.34. The second-order valence-electron chi connectivity index (χ2n) is 4.01. The second kappa shape index (κ2) is 5.26. The molecule has 0 aliphatic carbocycles. The highest BCUT2D eigenvalue weighted by atomic mass is 19.1. The number of rotatable bonds is 4. The number of hydrogen-bond donors (Lipinski definition) is 0. The van der Waals surface area contributed by atoms with Gasteiger partial charge >= 0.3 is 0 Å². The molecule has 0 radical (unpaired) electrons. The lowest BCUT2D eigenvalue weighted by atomic mass is 10.1. The fourth-order valence-electron chi connectivity index (χ4n) is 1.80. The van der Waals surface area contributed by atoms with Crippen molar-refractivity contribution < 1.29 is 18.0 Å². The number of nitrogens with zero attached hydrogens (tertiary/aromatic N) is 2. The number of carbonyl (C=O) groups excluding carboxylic acids is 1. The molecule has 1 heterocycles. The van der Waals surface area contributed by atoms with Gasteiger partial charge in [-0.05, 0) is 12.5 Å². The minimum atomic E-state index is -1.22. The third-order valence-corrected chi connectivity index (χ3v) is 2.62. The van der Waals surface area contributed by atoms with Gasteiger partial charge < -0.3 is 0 Å². The molecule has 0 aliphatic rings. The van der Waals surface area contributed by atoms with Crippen LogP contribution in [0.3, 0.4) is 0 Å². The van der Waals surface area contributed by atoms with E-state index >= 15 is 0 Å². The third kappa shape index (κ3) is 2.52. The first-order valence-electron chi connectivity index (χ1n) is 5.75. The number of ketones is 1. The minimum Gasteiger partial charge on any atom is -0.287 e. The largest absolute Gasteiger partial charge is 0.287 e. The quantitative estimate of drug-likeness (QED) is 0.799. The molecule has 0 aliphatic heterocycles. The average molecular weight is 268 g/mol. The van der Waals surface area contributed by atoms with Crippen molar-refractivity contribution in [1.82, 2.24) is 9.78 Å². The fourth-order valence-corrected chi connectivity index (χ4v) is 1.80. The monoisotopic (exact) mass is 268 g/mol. The second-order valence-corrected chi connectivity index (χ2v) is 4.01. The summed E-state index contributed by atoms with van der Waals surface area (Å²) in [7, 11) is 0. The van der Waals surface area contributed by atoms with Crippen molar-refractivity contribution in [2.75, 3.05) is 0 Å². The maximum absolute atomic E-state index is 13.5. The van der Waals surface area contributed by atoms with Gasteiger partial charge in [0.15, 0.2) is 0 Å². The molecule has 0 bridgehead atoms. The predicted molar refractivity (Wildman–Crippen MR) is 62.3 cm³/mol. The standard InChI is InChI=1S/C13H11F3N2O/c1-2-5-18-11(3-4-17-18)13(19)12-9(15)6-8(14)7-10(12)16/h3-4,6-7H,2,5H2,1H3. The predicted octanol–water partition coefficient (Wildman–Crippen LogP) is 2.94. The zero-order chi connectivity index (χ0) is 14.0. The Morgan fingerprint density at radius 3 is 2.47 bits per heavy atom. The van der Waals surface area contributed by atoms with Crippen molar-refractivity contribution in [1.29, 1.82) is 0 Å². The zero-order valence-electron chi connectivity index (χ0n) is 10.2. The van der Waals surface area contributed by atoms with Crippen LogP contribution in [0.25, 0.3) is 0 Å². The molecule has 0 saturated carbocycles. The lowest BCUT2D eigenvalue weighted by Gasteiger charge is -2.07. The topological polar surface area (TPSA) is 34.9 Å². The van der Waals surface area contributed by atoms with Crippen LogP contribution < -0.4 is 0 Å². The molecule has 0 atom stereocenters. The van der Waals surface area contributed by atoms with E-state index in [0.29, 0.717) is 18.7 Å². The fraction of sp³-hybridized carbons (Fsp3) is 0.231. The molecule has 2 aromatic rings. The molecular formula is C13H11F3N2O. The van der Waals surface area contributed by atoms with Crippen molar-refractivity contribution in [2.24, 2.45) is 0 Å². The van der Waals surface area contributed by atoms with E-state index in [1.807, 2.05) is 6.92 Å². The Bertz CT molecular complexity index is 599. The van der Waals surface area contributed by atoms with Crippen molar-refractivity contribution >= 4 is 5.78 Å². The van der Waals surface area contributed by atoms with E-state index in [9.17, 15) is 18.0 Å². The van der Waals surface area contributed by atoms with Crippen LogP contribution in [-0.4, -0.2) is 15.6 Å². The Balaban J connectivity index is 2.47. The maximum Gasteiger partial charge on any atom is 0.216 e. The van der Waals surface area contributed by atoms with Gasteiger partial charge in [0.1, 0.15) is 23.1 Å². The molecule has 100 valence electrons. The van der Waals surface area contributed by atoms with Crippen LogP contribution in [0.15, 0.2) is 24.4 Å². The van der Waals surface area contributed by atoms with Gasteiger partial charge in [-0.2, -0.15) is 5.10 Å². The third-order valence-electron chi connectivity index (χ3n) is 2.62. The Hall–Kier alpha value is -2.11. The van der Waals surface area contributed by atoms with Gasteiger partial charge in [-0.3, -0.25) is 9.48 Å². The minimum absolute atomic E-state index is 0.0752. The van der Waals surface area contributed by atoms with E-state index in [1.54, 1.807) is 0 Å². The summed E-state index contributed by atoms with van der Waals surface area (Å²) in [5, 5.41) is 3.91. The van der Waals surface area contributed by atoms with Gasteiger partial charge in [0.05, 0.1) is 5.56 Å². The highest BCUT2D eigenvalue weighted by molar-refractivity contribution is 6.08. The molecular weight excluding hydrogens is 257 g/mol. The molecule has 3 nitrogen and oxygen atoms in total. The SMILES string of the molecule is CCCn1nccc1C(=O)c1c(F)cc(F)cc1F. The molecule has 0 amide bonds. The van der Waals surface area contributed by atoms with Crippen molar-refractivity contribution in [3.63, 3.8) is 0 Å². The summed E-state index contributed by atoms with van der Waals surface area (Å²) < 4.78 is 41.3. The zero-order valence-corrected chi connectivity index (χ0v) is 10.2. The Kier molecular flexibility index (Phi) is 3.69. The molecule has 0 fully saturated rings. The number of carbonyl (C=O) groups is 1. The van der Waals surface area contributed by atoms with Crippen LogP contribution >= 0.6 is 0 Å². The van der Waals surface area contributed by atoms with Crippen LogP contribution in [-0.2, 0) is 6.54 Å².